The van der Waals surface area contributed by atoms with Crippen molar-refractivity contribution in [3.8, 4) is 0 Å². The zero-order valence-corrected chi connectivity index (χ0v) is 12.5. The van der Waals surface area contributed by atoms with Crippen molar-refractivity contribution in [2.45, 2.75) is 13.5 Å². The number of hydrogen-bond acceptors (Lipinski definition) is 3. The first-order chi connectivity index (χ1) is 10.0. The Balaban J connectivity index is 1.87. The van der Waals surface area contributed by atoms with E-state index in [1.165, 1.54) is 11.1 Å². The number of carbonyl (C=O) groups is 1. The summed E-state index contributed by atoms with van der Waals surface area (Å²) in [7, 11) is 1.93. The van der Waals surface area contributed by atoms with Crippen LogP contribution < -0.4 is 11.1 Å². The van der Waals surface area contributed by atoms with Crippen LogP contribution in [0, 0.1) is 6.92 Å². The van der Waals surface area contributed by atoms with Crippen LogP contribution in [-0.2, 0) is 11.3 Å². The summed E-state index contributed by atoms with van der Waals surface area (Å²) in [6.07, 6.45) is 0. The average molecular weight is 283 g/mol. The third kappa shape index (κ3) is 4.93. The third-order valence-electron chi connectivity index (χ3n) is 3.12. The number of rotatable bonds is 5. The molecule has 0 radical (unpaired) electrons. The highest BCUT2D eigenvalue weighted by Crippen LogP contribution is 2.12. The highest BCUT2D eigenvalue weighted by atomic mass is 16.2. The van der Waals surface area contributed by atoms with Gasteiger partial charge in [-0.25, -0.2) is 0 Å². The number of aryl methyl sites for hydroxylation is 1. The van der Waals surface area contributed by atoms with Crippen molar-refractivity contribution < 1.29 is 4.79 Å². The summed E-state index contributed by atoms with van der Waals surface area (Å²) in [5.41, 5.74) is 9.49. The Morgan fingerprint density at radius 1 is 1.19 bits per heavy atom. The van der Waals surface area contributed by atoms with E-state index in [0.29, 0.717) is 12.2 Å². The van der Waals surface area contributed by atoms with Gasteiger partial charge in [-0.15, -0.1) is 0 Å². The fraction of sp³-hybridized carbons (Fsp3) is 0.235. The molecule has 2 rings (SSSR count). The molecule has 0 aliphatic carbocycles. The normalized spacial score (nSPS) is 10.6. The van der Waals surface area contributed by atoms with Gasteiger partial charge >= 0.3 is 0 Å². The van der Waals surface area contributed by atoms with E-state index in [2.05, 4.69) is 30.4 Å². The van der Waals surface area contributed by atoms with Gasteiger partial charge in [0, 0.05) is 17.9 Å². The van der Waals surface area contributed by atoms with Crippen LogP contribution in [0.3, 0.4) is 0 Å². The van der Waals surface area contributed by atoms with Crippen molar-refractivity contribution in [1.29, 1.82) is 0 Å². The predicted molar refractivity (Wildman–Crippen MR) is 87.0 cm³/mol. The fourth-order valence-corrected chi connectivity index (χ4v) is 2.24. The maximum Gasteiger partial charge on any atom is 0.238 e. The lowest BCUT2D eigenvalue weighted by molar-refractivity contribution is -0.117. The fourth-order valence-electron chi connectivity index (χ4n) is 2.24. The lowest BCUT2D eigenvalue weighted by atomic mass is 10.1. The topological polar surface area (TPSA) is 58.4 Å². The number of nitrogen functional groups attached to an aromatic ring is 1. The molecule has 4 nitrogen and oxygen atoms in total. The molecule has 2 aromatic rings. The van der Waals surface area contributed by atoms with Crippen LogP contribution in [-0.4, -0.2) is 24.4 Å². The first-order valence-electron chi connectivity index (χ1n) is 6.92. The molecule has 0 atom stereocenters. The second kappa shape index (κ2) is 6.90. The van der Waals surface area contributed by atoms with E-state index < -0.39 is 0 Å². The molecule has 0 fully saturated rings. The van der Waals surface area contributed by atoms with E-state index >= 15 is 0 Å². The monoisotopic (exact) mass is 283 g/mol. The smallest absolute Gasteiger partial charge is 0.238 e. The van der Waals surface area contributed by atoms with Gasteiger partial charge in [0.15, 0.2) is 0 Å². The number of nitrogens with one attached hydrogen (secondary N) is 1. The van der Waals surface area contributed by atoms with Crippen molar-refractivity contribution >= 4 is 17.3 Å². The SMILES string of the molecule is Cc1cccc(CN(C)CC(=O)Nc2cccc(N)c2)c1. The summed E-state index contributed by atoms with van der Waals surface area (Å²) in [5, 5.41) is 2.85. The van der Waals surface area contributed by atoms with Crippen molar-refractivity contribution in [2.24, 2.45) is 0 Å². The van der Waals surface area contributed by atoms with Crippen LogP contribution >= 0.6 is 0 Å². The Bertz CT molecular complexity index is 625. The van der Waals surface area contributed by atoms with Gasteiger partial charge < -0.3 is 11.1 Å². The zero-order valence-electron chi connectivity index (χ0n) is 12.5. The van der Waals surface area contributed by atoms with Gasteiger partial charge in [0.2, 0.25) is 5.91 Å². The van der Waals surface area contributed by atoms with Gasteiger partial charge in [0.25, 0.3) is 0 Å². The number of nitrogens with zero attached hydrogens (tertiary/aromatic N) is 1. The van der Waals surface area contributed by atoms with Gasteiger partial charge in [0.1, 0.15) is 0 Å². The summed E-state index contributed by atoms with van der Waals surface area (Å²) in [5.74, 6) is -0.0456. The second-order valence-corrected chi connectivity index (χ2v) is 5.33. The van der Waals surface area contributed by atoms with Gasteiger partial charge in [-0.2, -0.15) is 0 Å². The Labute approximate surface area is 125 Å². The van der Waals surface area contributed by atoms with Crippen LogP contribution in [0.5, 0.6) is 0 Å². The minimum Gasteiger partial charge on any atom is -0.399 e. The van der Waals surface area contributed by atoms with E-state index in [0.717, 1.165) is 12.2 Å². The standard InChI is InChI=1S/C17H21N3O/c1-13-5-3-6-14(9-13)11-20(2)12-17(21)19-16-8-4-7-15(18)10-16/h3-10H,11-12,18H2,1-2H3,(H,19,21). The molecule has 1 amide bonds. The zero-order chi connectivity index (χ0) is 15.2. The van der Waals surface area contributed by atoms with Crippen LogP contribution in [0.4, 0.5) is 11.4 Å². The molecular weight excluding hydrogens is 262 g/mol. The van der Waals surface area contributed by atoms with E-state index in [4.69, 9.17) is 5.73 Å². The molecule has 0 bridgehead atoms. The maximum absolute atomic E-state index is 12.0. The van der Waals surface area contributed by atoms with E-state index in [9.17, 15) is 4.79 Å². The molecule has 0 aromatic heterocycles. The Hall–Kier alpha value is -2.33. The van der Waals surface area contributed by atoms with Crippen molar-refractivity contribution in [1.82, 2.24) is 4.90 Å². The molecule has 3 N–H and O–H groups in total. The molecule has 0 spiro atoms. The van der Waals surface area contributed by atoms with E-state index in [1.54, 1.807) is 12.1 Å². The van der Waals surface area contributed by atoms with Crippen LogP contribution in [0.1, 0.15) is 11.1 Å². The minimum atomic E-state index is -0.0456. The predicted octanol–water partition coefficient (Wildman–Crippen LogP) is 2.65. The van der Waals surface area contributed by atoms with Crippen LogP contribution in [0.25, 0.3) is 0 Å². The number of likely N-dealkylation sites (N-methyl/N-ethyl adjacent to an activating group) is 1. The largest absolute Gasteiger partial charge is 0.399 e. The average Bonchev–Trinajstić information content (AvgIpc) is 2.38. The van der Waals surface area contributed by atoms with Crippen molar-refractivity contribution in [2.75, 3.05) is 24.6 Å². The minimum absolute atomic E-state index is 0.0456. The van der Waals surface area contributed by atoms with Crippen molar-refractivity contribution in [3.63, 3.8) is 0 Å². The molecule has 110 valence electrons. The van der Waals surface area contributed by atoms with E-state index in [1.807, 2.05) is 30.1 Å². The number of anilines is 2. The number of benzene rings is 2. The molecule has 0 saturated heterocycles. The summed E-state index contributed by atoms with van der Waals surface area (Å²) in [4.78, 5) is 14.0. The molecule has 2 aromatic carbocycles. The first-order valence-corrected chi connectivity index (χ1v) is 6.92. The Morgan fingerprint density at radius 2 is 1.95 bits per heavy atom. The molecule has 0 unspecified atom stereocenters. The van der Waals surface area contributed by atoms with Gasteiger partial charge in [0.05, 0.1) is 6.54 Å². The molecule has 0 aliphatic heterocycles. The number of amides is 1. The maximum atomic E-state index is 12.0. The van der Waals surface area contributed by atoms with E-state index in [-0.39, 0.29) is 5.91 Å². The lowest BCUT2D eigenvalue weighted by Gasteiger charge is -2.16. The van der Waals surface area contributed by atoms with Gasteiger partial charge in [-0.1, -0.05) is 35.9 Å². The number of carbonyl (C=O) groups excluding carboxylic acids is 1. The van der Waals surface area contributed by atoms with Crippen molar-refractivity contribution in [3.05, 3.63) is 59.7 Å². The number of nitrogens with two attached hydrogens (primary N) is 1. The highest BCUT2D eigenvalue weighted by Gasteiger charge is 2.07. The highest BCUT2D eigenvalue weighted by molar-refractivity contribution is 5.92. The van der Waals surface area contributed by atoms with Gasteiger partial charge in [-0.3, -0.25) is 9.69 Å². The molecule has 0 heterocycles. The second-order valence-electron chi connectivity index (χ2n) is 5.33. The Kier molecular flexibility index (Phi) is 4.95. The molecular formula is C17H21N3O. The summed E-state index contributed by atoms with van der Waals surface area (Å²) in [6.45, 7) is 3.14. The third-order valence-corrected chi connectivity index (χ3v) is 3.12. The lowest BCUT2D eigenvalue weighted by Crippen LogP contribution is -2.29. The molecule has 4 heteroatoms. The summed E-state index contributed by atoms with van der Waals surface area (Å²) < 4.78 is 0. The molecule has 0 aliphatic rings. The summed E-state index contributed by atoms with van der Waals surface area (Å²) in [6, 6.07) is 15.5. The Morgan fingerprint density at radius 3 is 2.67 bits per heavy atom. The molecule has 21 heavy (non-hydrogen) atoms. The summed E-state index contributed by atoms with van der Waals surface area (Å²) >= 11 is 0. The quantitative estimate of drug-likeness (QED) is 0.829. The van der Waals surface area contributed by atoms with Gasteiger partial charge in [-0.05, 0) is 37.7 Å². The molecule has 0 saturated carbocycles. The number of hydrogen-bond donors (Lipinski definition) is 2. The first kappa shape index (κ1) is 15.1. The van der Waals surface area contributed by atoms with Crippen LogP contribution in [0.15, 0.2) is 48.5 Å². The van der Waals surface area contributed by atoms with Crippen LogP contribution in [0.2, 0.25) is 0 Å².